The molecule has 1 atom stereocenters. The topological polar surface area (TPSA) is 24.1 Å². The first kappa shape index (κ1) is 12.7. The van der Waals surface area contributed by atoms with E-state index in [1.807, 2.05) is 11.3 Å². The Balaban J connectivity index is 1.50. The van der Waals surface area contributed by atoms with Gasteiger partial charge in [-0.2, -0.15) is 0 Å². The zero-order chi connectivity index (χ0) is 13.1. The summed E-state index contributed by atoms with van der Waals surface area (Å²) < 4.78 is 0. The van der Waals surface area contributed by atoms with Crippen LogP contribution in [-0.4, -0.2) is 12.6 Å². The van der Waals surface area contributed by atoms with E-state index in [1.54, 1.807) is 0 Å². The average molecular weight is 272 g/mol. The molecule has 0 saturated heterocycles. The normalized spacial score (nSPS) is 17.2. The first-order valence-electron chi connectivity index (χ1n) is 6.97. The Bertz CT molecular complexity index is 522. The third-order valence-corrected chi connectivity index (χ3v) is 4.70. The minimum atomic E-state index is 0.530. The quantitative estimate of drug-likeness (QED) is 0.871. The van der Waals surface area contributed by atoms with Crippen molar-refractivity contribution in [2.75, 3.05) is 11.9 Å². The van der Waals surface area contributed by atoms with Gasteiger partial charge in [0.25, 0.3) is 0 Å². The molecule has 2 N–H and O–H groups in total. The van der Waals surface area contributed by atoms with Crippen LogP contribution in [0.5, 0.6) is 0 Å². The number of hydrogen-bond donors (Lipinski definition) is 2. The van der Waals surface area contributed by atoms with E-state index < -0.39 is 0 Å². The number of thiophene rings is 1. The third-order valence-electron chi connectivity index (χ3n) is 3.74. The molecule has 3 heteroatoms. The zero-order valence-corrected chi connectivity index (χ0v) is 12.1. The summed E-state index contributed by atoms with van der Waals surface area (Å²) in [4.78, 5) is 1.48. The summed E-state index contributed by atoms with van der Waals surface area (Å²) in [5.41, 5.74) is 4.24. The van der Waals surface area contributed by atoms with Gasteiger partial charge < -0.3 is 10.6 Å². The van der Waals surface area contributed by atoms with E-state index in [1.165, 1.54) is 21.7 Å². The summed E-state index contributed by atoms with van der Waals surface area (Å²) in [7, 11) is 0. The van der Waals surface area contributed by atoms with E-state index in [9.17, 15) is 0 Å². The molecule has 0 aliphatic carbocycles. The Labute approximate surface area is 118 Å². The largest absolute Gasteiger partial charge is 0.380 e. The third kappa shape index (κ3) is 2.82. The molecule has 2 nitrogen and oxygen atoms in total. The van der Waals surface area contributed by atoms with E-state index in [4.69, 9.17) is 0 Å². The van der Waals surface area contributed by atoms with Gasteiger partial charge in [0.15, 0.2) is 0 Å². The fourth-order valence-electron chi connectivity index (χ4n) is 2.70. The highest BCUT2D eigenvalue weighted by molar-refractivity contribution is 7.10. The van der Waals surface area contributed by atoms with Gasteiger partial charge in [-0.05, 0) is 41.5 Å². The number of anilines is 1. The summed E-state index contributed by atoms with van der Waals surface area (Å²) in [6.45, 7) is 4.24. The molecule has 3 rings (SSSR count). The molecule has 1 aliphatic rings. The second-order valence-corrected chi connectivity index (χ2v) is 6.06. The lowest BCUT2D eigenvalue weighted by Gasteiger charge is -2.12. The minimum absolute atomic E-state index is 0.530. The van der Waals surface area contributed by atoms with Gasteiger partial charge in [0, 0.05) is 29.7 Å². The molecule has 0 bridgehead atoms. The SMILES string of the molecule is CCc1ccsc1CNCC1Cc2ccccc2N1. The fraction of sp³-hybridized carbons (Fsp3) is 0.375. The van der Waals surface area contributed by atoms with Crippen LogP contribution in [0.15, 0.2) is 35.7 Å². The van der Waals surface area contributed by atoms with Crippen LogP contribution in [0.3, 0.4) is 0 Å². The molecule has 0 radical (unpaired) electrons. The lowest BCUT2D eigenvalue weighted by molar-refractivity contribution is 0.617. The summed E-state index contributed by atoms with van der Waals surface area (Å²) in [6.07, 6.45) is 2.27. The molecule has 1 aromatic carbocycles. The Morgan fingerprint density at radius 3 is 3.05 bits per heavy atom. The van der Waals surface area contributed by atoms with E-state index >= 15 is 0 Å². The number of nitrogens with one attached hydrogen (secondary N) is 2. The predicted molar refractivity (Wildman–Crippen MR) is 83.0 cm³/mol. The molecule has 2 heterocycles. The molecule has 1 aromatic heterocycles. The van der Waals surface area contributed by atoms with E-state index in [-0.39, 0.29) is 0 Å². The van der Waals surface area contributed by atoms with Gasteiger partial charge in [0.1, 0.15) is 0 Å². The highest BCUT2D eigenvalue weighted by Gasteiger charge is 2.19. The maximum atomic E-state index is 3.59. The number of aryl methyl sites for hydroxylation is 1. The Hall–Kier alpha value is -1.32. The number of hydrogen-bond acceptors (Lipinski definition) is 3. The van der Waals surface area contributed by atoms with Gasteiger partial charge in [0.2, 0.25) is 0 Å². The molecule has 1 aliphatic heterocycles. The van der Waals surface area contributed by atoms with Crippen LogP contribution < -0.4 is 10.6 Å². The van der Waals surface area contributed by atoms with Crippen LogP contribution in [0, 0.1) is 0 Å². The lowest BCUT2D eigenvalue weighted by atomic mass is 10.1. The van der Waals surface area contributed by atoms with E-state index in [0.717, 1.165) is 25.9 Å². The Morgan fingerprint density at radius 2 is 2.21 bits per heavy atom. The first-order valence-corrected chi connectivity index (χ1v) is 7.85. The molecule has 0 fully saturated rings. The standard InChI is InChI=1S/C16H20N2S/c1-2-12-7-8-19-16(12)11-17-10-14-9-13-5-3-4-6-15(13)18-14/h3-8,14,17-18H,2,9-11H2,1H3. The molecule has 100 valence electrons. The van der Waals surface area contributed by atoms with Gasteiger partial charge in [0.05, 0.1) is 0 Å². The van der Waals surface area contributed by atoms with Crippen LogP contribution in [0.4, 0.5) is 5.69 Å². The molecule has 19 heavy (non-hydrogen) atoms. The van der Waals surface area contributed by atoms with E-state index in [2.05, 4.69) is 53.3 Å². The molecule has 1 unspecified atom stereocenters. The summed E-state index contributed by atoms with van der Waals surface area (Å²) in [6, 6.07) is 11.4. The van der Waals surface area contributed by atoms with Gasteiger partial charge in [-0.15, -0.1) is 11.3 Å². The Kier molecular flexibility index (Phi) is 3.85. The van der Waals surface area contributed by atoms with Crippen LogP contribution in [0.2, 0.25) is 0 Å². The highest BCUT2D eigenvalue weighted by Crippen LogP contribution is 2.24. The highest BCUT2D eigenvalue weighted by atomic mass is 32.1. The van der Waals surface area contributed by atoms with Crippen LogP contribution >= 0.6 is 11.3 Å². The average Bonchev–Trinajstić information content (AvgIpc) is 3.04. The predicted octanol–water partition coefficient (Wildman–Crippen LogP) is 3.44. The monoisotopic (exact) mass is 272 g/mol. The molecular weight excluding hydrogens is 252 g/mol. The summed E-state index contributed by atoms with van der Waals surface area (Å²) in [5, 5.41) is 9.37. The first-order chi connectivity index (χ1) is 9.36. The van der Waals surface area contributed by atoms with E-state index in [0.29, 0.717) is 6.04 Å². The van der Waals surface area contributed by atoms with Gasteiger partial charge in [-0.1, -0.05) is 25.1 Å². The smallest absolute Gasteiger partial charge is 0.0427 e. The molecule has 0 amide bonds. The van der Waals surface area contributed by atoms with Gasteiger partial charge in [-0.3, -0.25) is 0 Å². The maximum absolute atomic E-state index is 3.59. The van der Waals surface area contributed by atoms with Crippen LogP contribution in [0.25, 0.3) is 0 Å². The number of fused-ring (bicyclic) bond motifs is 1. The molecule has 0 spiro atoms. The van der Waals surface area contributed by atoms with Crippen molar-refractivity contribution in [3.63, 3.8) is 0 Å². The maximum Gasteiger partial charge on any atom is 0.0427 e. The van der Waals surface area contributed by atoms with Crippen molar-refractivity contribution in [3.8, 4) is 0 Å². The number of rotatable bonds is 5. The van der Waals surface area contributed by atoms with Crippen LogP contribution in [0.1, 0.15) is 22.9 Å². The Morgan fingerprint density at radius 1 is 1.32 bits per heavy atom. The van der Waals surface area contributed by atoms with Crippen LogP contribution in [-0.2, 0) is 19.4 Å². The van der Waals surface area contributed by atoms with Crippen molar-refractivity contribution in [1.82, 2.24) is 5.32 Å². The van der Waals surface area contributed by atoms with Gasteiger partial charge >= 0.3 is 0 Å². The lowest BCUT2D eigenvalue weighted by Crippen LogP contribution is -2.30. The van der Waals surface area contributed by atoms with Crippen molar-refractivity contribution in [2.45, 2.75) is 32.4 Å². The van der Waals surface area contributed by atoms with Crippen molar-refractivity contribution >= 4 is 17.0 Å². The molecular formula is C16H20N2S. The van der Waals surface area contributed by atoms with Crippen molar-refractivity contribution in [3.05, 3.63) is 51.7 Å². The number of para-hydroxylation sites is 1. The molecule has 0 saturated carbocycles. The number of benzene rings is 1. The molecule has 2 aromatic rings. The summed E-state index contributed by atoms with van der Waals surface area (Å²) >= 11 is 1.86. The zero-order valence-electron chi connectivity index (χ0n) is 11.3. The van der Waals surface area contributed by atoms with Crippen molar-refractivity contribution < 1.29 is 0 Å². The van der Waals surface area contributed by atoms with Crippen molar-refractivity contribution in [2.24, 2.45) is 0 Å². The van der Waals surface area contributed by atoms with Gasteiger partial charge in [-0.25, -0.2) is 0 Å². The second kappa shape index (κ2) is 5.76. The second-order valence-electron chi connectivity index (χ2n) is 5.06. The van der Waals surface area contributed by atoms with Crippen molar-refractivity contribution in [1.29, 1.82) is 0 Å². The minimum Gasteiger partial charge on any atom is -0.380 e. The fourth-order valence-corrected chi connectivity index (χ4v) is 3.64. The summed E-state index contributed by atoms with van der Waals surface area (Å²) in [5.74, 6) is 0.